The highest BCUT2D eigenvalue weighted by Gasteiger charge is 2.40. The van der Waals surface area contributed by atoms with Crippen LogP contribution in [0.25, 0.3) is 0 Å². The summed E-state index contributed by atoms with van der Waals surface area (Å²) in [5.41, 5.74) is 0.565. The first kappa shape index (κ1) is 38.2. The van der Waals surface area contributed by atoms with Crippen LogP contribution >= 0.6 is 11.6 Å². The molecular weight excluding hydrogens is 747 g/mol. The Kier molecular flexibility index (Phi) is 11.3. The van der Waals surface area contributed by atoms with Gasteiger partial charge in [0, 0.05) is 66.4 Å². The predicted molar refractivity (Wildman–Crippen MR) is 193 cm³/mol. The average molecular weight is 778 g/mol. The van der Waals surface area contributed by atoms with Crippen LogP contribution < -0.4 is 31.3 Å². The van der Waals surface area contributed by atoms with Gasteiger partial charge in [-0.1, -0.05) is 17.7 Å². The second kappa shape index (κ2) is 16.3. The average Bonchev–Trinajstić information content (AvgIpc) is 3.47. The molecule has 0 saturated carbocycles. The number of benzene rings is 3. The van der Waals surface area contributed by atoms with Gasteiger partial charge in [0.1, 0.15) is 23.2 Å². The SMILES string of the molecule is O=C1CCC(N2Cc3c(NC(=O)CCCNC(=O)c4cc(Oc5ccc(NC(=O)Nc6ccc(Cl)c(C(F)(F)F)c6)cc5)ccn4)cccc3C2=O)C(=O)N1. The molecule has 5 N–H and O–H groups in total. The van der Waals surface area contributed by atoms with Gasteiger partial charge in [-0.25, -0.2) is 4.79 Å². The first-order valence-corrected chi connectivity index (χ1v) is 17.2. The molecule has 1 atom stereocenters. The number of hydrogen-bond donors (Lipinski definition) is 5. The second-order valence-corrected chi connectivity index (χ2v) is 12.8. The molecule has 6 rings (SSSR count). The maximum absolute atomic E-state index is 13.1. The van der Waals surface area contributed by atoms with E-state index >= 15 is 0 Å². The summed E-state index contributed by atoms with van der Waals surface area (Å²) < 4.78 is 45.2. The number of carbonyl (C=O) groups is 6. The number of urea groups is 1. The third kappa shape index (κ3) is 9.36. The summed E-state index contributed by atoms with van der Waals surface area (Å²) in [6, 6.07) is 15.4. The molecule has 0 radical (unpaired) electrons. The highest BCUT2D eigenvalue weighted by molar-refractivity contribution is 6.31. The highest BCUT2D eigenvalue weighted by Crippen LogP contribution is 2.36. The molecule has 284 valence electrons. The van der Waals surface area contributed by atoms with Gasteiger partial charge in [0.05, 0.1) is 10.6 Å². The van der Waals surface area contributed by atoms with E-state index in [1.54, 1.807) is 18.2 Å². The van der Waals surface area contributed by atoms with Crippen LogP contribution in [-0.2, 0) is 27.1 Å². The van der Waals surface area contributed by atoms with E-state index in [9.17, 15) is 41.9 Å². The van der Waals surface area contributed by atoms with Crippen molar-refractivity contribution < 1.29 is 46.7 Å². The summed E-state index contributed by atoms with van der Waals surface area (Å²) in [7, 11) is 0. The smallest absolute Gasteiger partial charge is 0.417 e. The lowest BCUT2D eigenvalue weighted by Crippen LogP contribution is -2.52. The summed E-state index contributed by atoms with van der Waals surface area (Å²) in [5, 5.41) is 12.1. The summed E-state index contributed by atoms with van der Waals surface area (Å²) in [6.07, 6.45) is -2.62. The molecule has 3 heterocycles. The summed E-state index contributed by atoms with van der Waals surface area (Å²) in [4.78, 5) is 80.4. The van der Waals surface area contributed by atoms with Crippen molar-refractivity contribution >= 4 is 64.2 Å². The number of nitrogens with one attached hydrogen (secondary N) is 5. The summed E-state index contributed by atoms with van der Waals surface area (Å²) in [6.45, 7) is 0.257. The standard InChI is InChI=1S/C37H31ClF3N7O7/c38-27-11-8-21(17-26(27)37(39,40)41)45-36(54)44-20-6-9-22(10-7-20)55-23-14-16-42-29(18-23)33(51)43-15-2-5-31(49)46-28-4-1-3-24-25(28)19-48(35(24)53)30-12-13-32(50)47-34(30)52/h1,3-4,6-11,14,16-18,30H,2,5,12-13,15,19H2,(H,43,51)(H,46,49)(H2,44,45,54)(H,47,50,52). The Balaban J connectivity index is 0.947. The van der Waals surface area contributed by atoms with E-state index < -0.39 is 40.6 Å². The highest BCUT2D eigenvalue weighted by atomic mass is 35.5. The zero-order chi connectivity index (χ0) is 39.3. The molecule has 55 heavy (non-hydrogen) atoms. The lowest BCUT2D eigenvalue weighted by molar-refractivity contribution is -0.138. The molecule has 2 aliphatic heterocycles. The number of nitrogens with zero attached hydrogens (tertiary/aromatic N) is 2. The van der Waals surface area contributed by atoms with E-state index in [0.29, 0.717) is 28.3 Å². The third-order valence-electron chi connectivity index (χ3n) is 8.56. The Morgan fingerprint density at radius 2 is 1.67 bits per heavy atom. The number of fused-ring (bicyclic) bond motifs is 1. The number of carbonyl (C=O) groups excluding carboxylic acids is 6. The molecule has 18 heteroatoms. The van der Waals surface area contributed by atoms with E-state index in [1.807, 2.05) is 0 Å². The van der Waals surface area contributed by atoms with Crippen molar-refractivity contribution in [2.75, 3.05) is 22.5 Å². The fraction of sp³-hybridized carbons (Fsp3) is 0.216. The van der Waals surface area contributed by atoms with Crippen LogP contribution in [0.5, 0.6) is 11.5 Å². The number of amides is 7. The van der Waals surface area contributed by atoms with Gasteiger partial charge < -0.3 is 30.9 Å². The minimum Gasteiger partial charge on any atom is -0.457 e. The van der Waals surface area contributed by atoms with E-state index in [4.69, 9.17) is 16.3 Å². The van der Waals surface area contributed by atoms with Crippen molar-refractivity contribution in [2.45, 2.75) is 44.4 Å². The largest absolute Gasteiger partial charge is 0.457 e. The fourth-order valence-electron chi connectivity index (χ4n) is 5.91. The zero-order valence-electron chi connectivity index (χ0n) is 28.6. The van der Waals surface area contributed by atoms with Crippen LogP contribution in [0.2, 0.25) is 5.02 Å². The molecular formula is C37H31ClF3N7O7. The molecule has 3 aromatic carbocycles. The Labute approximate surface area is 315 Å². The number of halogens is 4. The first-order chi connectivity index (χ1) is 26.2. The van der Waals surface area contributed by atoms with Gasteiger partial charge in [0.2, 0.25) is 17.7 Å². The normalized spacial score (nSPS) is 15.2. The molecule has 14 nitrogen and oxygen atoms in total. The quantitative estimate of drug-likeness (QED) is 0.0893. The van der Waals surface area contributed by atoms with Crippen molar-refractivity contribution in [1.82, 2.24) is 20.5 Å². The topological polar surface area (TPSA) is 188 Å². The number of aromatic nitrogens is 1. The minimum absolute atomic E-state index is 0.0535. The van der Waals surface area contributed by atoms with E-state index in [0.717, 1.165) is 12.1 Å². The van der Waals surface area contributed by atoms with Gasteiger partial charge in [-0.3, -0.25) is 34.3 Å². The lowest BCUT2D eigenvalue weighted by atomic mass is 10.0. The van der Waals surface area contributed by atoms with Gasteiger partial charge >= 0.3 is 12.2 Å². The van der Waals surface area contributed by atoms with Crippen LogP contribution in [0.15, 0.2) is 79.0 Å². The molecule has 2 aliphatic rings. The van der Waals surface area contributed by atoms with Crippen LogP contribution in [0.4, 0.5) is 35.0 Å². The van der Waals surface area contributed by atoms with Crippen molar-refractivity contribution in [1.29, 1.82) is 0 Å². The number of piperidine rings is 1. The molecule has 1 fully saturated rings. The third-order valence-corrected chi connectivity index (χ3v) is 8.89. The molecule has 1 unspecified atom stereocenters. The molecule has 0 spiro atoms. The first-order valence-electron chi connectivity index (χ1n) is 16.8. The monoisotopic (exact) mass is 777 g/mol. The maximum atomic E-state index is 13.1. The summed E-state index contributed by atoms with van der Waals surface area (Å²) in [5.74, 6) is -1.48. The van der Waals surface area contributed by atoms with Crippen molar-refractivity contribution in [2.24, 2.45) is 0 Å². The van der Waals surface area contributed by atoms with Crippen LogP contribution in [0.1, 0.15) is 57.7 Å². The molecule has 0 bridgehead atoms. The zero-order valence-corrected chi connectivity index (χ0v) is 29.3. The Hall–Kier alpha value is -6.49. The predicted octanol–water partition coefficient (Wildman–Crippen LogP) is 6.10. The van der Waals surface area contributed by atoms with Crippen molar-refractivity contribution in [3.05, 3.63) is 106 Å². The number of rotatable bonds is 11. The molecule has 1 aromatic heterocycles. The summed E-state index contributed by atoms with van der Waals surface area (Å²) >= 11 is 5.62. The molecule has 0 aliphatic carbocycles. The molecule has 7 amide bonds. The van der Waals surface area contributed by atoms with Gasteiger partial charge in [0.25, 0.3) is 11.8 Å². The molecule has 1 saturated heterocycles. The van der Waals surface area contributed by atoms with E-state index in [1.165, 1.54) is 53.6 Å². The Bertz CT molecular complexity index is 2180. The van der Waals surface area contributed by atoms with Gasteiger partial charge in [-0.15, -0.1) is 0 Å². The maximum Gasteiger partial charge on any atom is 0.417 e. The van der Waals surface area contributed by atoms with Crippen LogP contribution in [0.3, 0.4) is 0 Å². The number of hydrogen-bond acceptors (Lipinski definition) is 8. The number of pyridine rings is 1. The number of alkyl halides is 3. The van der Waals surface area contributed by atoms with E-state index in [-0.39, 0.29) is 73.6 Å². The van der Waals surface area contributed by atoms with Gasteiger partial charge in [-0.2, -0.15) is 13.2 Å². The van der Waals surface area contributed by atoms with Gasteiger partial charge in [-0.05, 0) is 73.5 Å². The second-order valence-electron chi connectivity index (χ2n) is 12.4. The lowest BCUT2D eigenvalue weighted by Gasteiger charge is -2.29. The Morgan fingerprint density at radius 1 is 0.927 bits per heavy atom. The fourth-order valence-corrected chi connectivity index (χ4v) is 6.14. The van der Waals surface area contributed by atoms with Crippen LogP contribution in [-0.4, -0.2) is 58.0 Å². The number of anilines is 3. The van der Waals surface area contributed by atoms with Crippen molar-refractivity contribution in [3.63, 3.8) is 0 Å². The van der Waals surface area contributed by atoms with Crippen LogP contribution in [0, 0.1) is 0 Å². The van der Waals surface area contributed by atoms with Crippen molar-refractivity contribution in [3.8, 4) is 11.5 Å². The van der Waals surface area contributed by atoms with Gasteiger partial charge in [0.15, 0.2) is 0 Å². The Morgan fingerprint density at radius 3 is 2.42 bits per heavy atom. The number of imide groups is 1. The minimum atomic E-state index is -4.69. The number of ether oxygens (including phenoxy) is 1. The molecule has 4 aromatic rings. The van der Waals surface area contributed by atoms with E-state index in [2.05, 4.69) is 31.6 Å².